The monoisotopic (exact) mass is 370 g/mol. The summed E-state index contributed by atoms with van der Waals surface area (Å²) in [5.41, 5.74) is 0.713. The van der Waals surface area contributed by atoms with E-state index in [9.17, 15) is 4.79 Å². The summed E-state index contributed by atoms with van der Waals surface area (Å²) in [7, 11) is 4.74. The average Bonchev–Trinajstić information content (AvgIpc) is 2.66. The molecule has 2 heterocycles. The molecule has 0 aromatic heterocycles. The fraction of sp³-hybridized carbons (Fsp3) is 0.350. The van der Waals surface area contributed by atoms with Crippen LogP contribution < -0.4 is 29.2 Å². The molecule has 1 N–H and O–H groups in total. The van der Waals surface area contributed by atoms with E-state index in [2.05, 4.69) is 5.32 Å². The first-order valence-corrected chi connectivity index (χ1v) is 8.69. The van der Waals surface area contributed by atoms with Crippen molar-refractivity contribution in [3.8, 4) is 23.0 Å². The number of nitrogens with one attached hydrogen (secondary N) is 1. The first-order chi connectivity index (χ1) is 13.0. The van der Waals surface area contributed by atoms with E-state index < -0.39 is 5.72 Å². The molecule has 4 rings (SSSR count). The minimum Gasteiger partial charge on any atom is -0.493 e. The summed E-state index contributed by atoms with van der Waals surface area (Å²) < 4.78 is 22.5. The number of methoxy groups -OCH3 is 3. The molecule has 2 aliphatic heterocycles. The number of rotatable bonds is 4. The number of nitrogens with zero attached hydrogens (tertiary/aromatic N) is 1. The van der Waals surface area contributed by atoms with Crippen molar-refractivity contribution in [2.24, 2.45) is 0 Å². The zero-order chi connectivity index (χ0) is 19.2. The summed E-state index contributed by atoms with van der Waals surface area (Å²) in [6, 6.07) is 10.7. The SMILES string of the molecule is COc1ccc(N2C(=O)N[C@@H]3C[C@]2(C)Oc2c(OC)cccc23)cc1OC. The average molecular weight is 370 g/mol. The molecule has 1 saturated heterocycles. The second-order valence-electron chi connectivity index (χ2n) is 6.74. The van der Waals surface area contributed by atoms with Gasteiger partial charge in [-0.2, -0.15) is 0 Å². The van der Waals surface area contributed by atoms with Crippen molar-refractivity contribution in [3.05, 3.63) is 42.0 Å². The largest absolute Gasteiger partial charge is 0.493 e. The summed E-state index contributed by atoms with van der Waals surface area (Å²) in [6.07, 6.45) is 0.604. The van der Waals surface area contributed by atoms with Gasteiger partial charge in [-0.3, -0.25) is 4.90 Å². The maximum Gasteiger partial charge on any atom is 0.325 e. The summed E-state index contributed by atoms with van der Waals surface area (Å²) >= 11 is 0. The van der Waals surface area contributed by atoms with Crippen molar-refractivity contribution in [2.45, 2.75) is 25.1 Å². The molecule has 2 aromatic carbocycles. The van der Waals surface area contributed by atoms with Crippen molar-refractivity contribution in [2.75, 3.05) is 26.2 Å². The Kier molecular flexibility index (Phi) is 4.02. The molecule has 2 bridgehead atoms. The standard InChI is InChI=1S/C20H22N2O5/c1-20-11-14(13-6-5-7-16(25-3)18(13)27-20)21-19(23)22(20)12-8-9-15(24-2)17(10-12)26-4/h5-10,14H,11H2,1-4H3,(H,21,23)/t14-,20+/m1/s1. The van der Waals surface area contributed by atoms with E-state index >= 15 is 0 Å². The number of hydrogen-bond donors (Lipinski definition) is 1. The van der Waals surface area contributed by atoms with Crippen LogP contribution >= 0.6 is 0 Å². The molecular weight excluding hydrogens is 348 g/mol. The van der Waals surface area contributed by atoms with E-state index in [4.69, 9.17) is 18.9 Å². The number of para-hydroxylation sites is 1. The third-order valence-electron chi connectivity index (χ3n) is 5.11. The van der Waals surface area contributed by atoms with E-state index in [0.717, 1.165) is 5.56 Å². The van der Waals surface area contributed by atoms with Crippen LogP contribution in [0.1, 0.15) is 24.9 Å². The fourth-order valence-electron chi connectivity index (χ4n) is 3.88. The van der Waals surface area contributed by atoms with Crippen LogP contribution in [0.5, 0.6) is 23.0 Å². The van der Waals surface area contributed by atoms with Gasteiger partial charge in [-0.25, -0.2) is 4.79 Å². The topological polar surface area (TPSA) is 69.3 Å². The Balaban J connectivity index is 1.80. The molecule has 2 amide bonds. The molecule has 0 saturated carbocycles. The Bertz CT molecular complexity index is 900. The number of urea groups is 1. The van der Waals surface area contributed by atoms with Crippen molar-refractivity contribution < 1.29 is 23.7 Å². The third-order valence-corrected chi connectivity index (χ3v) is 5.11. The summed E-state index contributed by atoms with van der Waals surface area (Å²) in [5.74, 6) is 2.44. The maximum atomic E-state index is 13.0. The van der Waals surface area contributed by atoms with Gasteiger partial charge in [-0.05, 0) is 25.1 Å². The number of hydrogen-bond acceptors (Lipinski definition) is 5. The molecule has 2 aliphatic rings. The normalized spacial score (nSPS) is 23.0. The highest BCUT2D eigenvalue weighted by Crippen LogP contribution is 2.49. The van der Waals surface area contributed by atoms with Crippen LogP contribution in [0.2, 0.25) is 0 Å². The predicted molar refractivity (Wildman–Crippen MR) is 99.9 cm³/mol. The molecular formula is C20H22N2O5. The lowest BCUT2D eigenvalue weighted by Crippen LogP contribution is -2.65. The van der Waals surface area contributed by atoms with Gasteiger partial charge in [-0.1, -0.05) is 12.1 Å². The molecule has 0 radical (unpaired) electrons. The van der Waals surface area contributed by atoms with Gasteiger partial charge in [0.15, 0.2) is 28.7 Å². The fourth-order valence-corrected chi connectivity index (χ4v) is 3.88. The minimum atomic E-state index is -0.867. The number of fused-ring (bicyclic) bond motifs is 4. The van der Waals surface area contributed by atoms with Gasteiger partial charge in [0.2, 0.25) is 0 Å². The smallest absolute Gasteiger partial charge is 0.325 e. The molecule has 2 atom stereocenters. The second-order valence-corrected chi connectivity index (χ2v) is 6.74. The molecule has 0 unspecified atom stereocenters. The van der Waals surface area contributed by atoms with Crippen molar-refractivity contribution in [1.29, 1.82) is 0 Å². The van der Waals surface area contributed by atoms with E-state index in [-0.39, 0.29) is 12.1 Å². The number of benzene rings is 2. The van der Waals surface area contributed by atoms with Gasteiger partial charge in [-0.15, -0.1) is 0 Å². The third kappa shape index (κ3) is 2.61. The number of amides is 2. The van der Waals surface area contributed by atoms with Gasteiger partial charge >= 0.3 is 6.03 Å². The Morgan fingerprint density at radius 1 is 1.07 bits per heavy atom. The Labute approximate surface area is 157 Å². The molecule has 7 nitrogen and oxygen atoms in total. The summed E-state index contributed by atoms with van der Waals surface area (Å²) in [6.45, 7) is 1.91. The van der Waals surface area contributed by atoms with Crippen LogP contribution in [0, 0.1) is 0 Å². The van der Waals surface area contributed by atoms with Crippen LogP contribution in [0.3, 0.4) is 0 Å². The maximum absolute atomic E-state index is 13.0. The Morgan fingerprint density at radius 3 is 2.52 bits per heavy atom. The van der Waals surface area contributed by atoms with Gasteiger partial charge in [0.05, 0.1) is 33.1 Å². The van der Waals surface area contributed by atoms with Crippen LogP contribution in [0.4, 0.5) is 10.5 Å². The predicted octanol–water partition coefficient (Wildman–Crippen LogP) is 3.48. The number of carbonyl (C=O) groups is 1. The first-order valence-electron chi connectivity index (χ1n) is 8.69. The molecule has 0 aliphatic carbocycles. The highest BCUT2D eigenvalue weighted by molar-refractivity contribution is 5.95. The van der Waals surface area contributed by atoms with Gasteiger partial charge in [0.1, 0.15) is 0 Å². The molecule has 1 fully saturated rings. The molecule has 2 aromatic rings. The molecule has 27 heavy (non-hydrogen) atoms. The first kappa shape index (κ1) is 17.3. The van der Waals surface area contributed by atoms with E-state index in [1.807, 2.05) is 31.2 Å². The number of ether oxygens (including phenoxy) is 4. The Hall–Kier alpha value is -3.09. The zero-order valence-corrected chi connectivity index (χ0v) is 15.7. The number of carbonyl (C=O) groups excluding carboxylic acids is 1. The van der Waals surface area contributed by atoms with Crippen LogP contribution in [-0.4, -0.2) is 33.1 Å². The highest BCUT2D eigenvalue weighted by atomic mass is 16.5. The number of anilines is 1. The summed E-state index contributed by atoms with van der Waals surface area (Å²) in [5, 5.41) is 3.07. The second kappa shape index (κ2) is 6.26. The van der Waals surface area contributed by atoms with E-state index in [1.54, 1.807) is 38.4 Å². The molecule has 7 heteroatoms. The van der Waals surface area contributed by atoms with Gasteiger partial charge < -0.3 is 24.3 Å². The van der Waals surface area contributed by atoms with E-state index in [1.165, 1.54) is 0 Å². The van der Waals surface area contributed by atoms with Crippen molar-refractivity contribution in [3.63, 3.8) is 0 Å². The van der Waals surface area contributed by atoms with Crippen LogP contribution in [0.15, 0.2) is 36.4 Å². The van der Waals surface area contributed by atoms with Crippen molar-refractivity contribution >= 4 is 11.7 Å². The lowest BCUT2D eigenvalue weighted by Gasteiger charge is -2.50. The van der Waals surface area contributed by atoms with Crippen molar-refractivity contribution in [1.82, 2.24) is 5.32 Å². The lowest BCUT2D eigenvalue weighted by atomic mass is 9.90. The van der Waals surface area contributed by atoms with Gasteiger partial charge in [0, 0.05) is 18.1 Å². The lowest BCUT2D eigenvalue weighted by molar-refractivity contribution is 0.0349. The Morgan fingerprint density at radius 2 is 1.81 bits per heavy atom. The molecule has 142 valence electrons. The quantitative estimate of drug-likeness (QED) is 0.892. The minimum absolute atomic E-state index is 0.141. The highest BCUT2D eigenvalue weighted by Gasteiger charge is 2.50. The van der Waals surface area contributed by atoms with E-state index in [0.29, 0.717) is 35.1 Å². The van der Waals surface area contributed by atoms with Crippen LogP contribution in [-0.2, 0) is 0 Å². The molecule has 0 spiro atoms. The summed E-state index contributed by atoms with van der Waals surface area (Å²) in [4.78, 5) is 14.6. The van der Waals surface area contributed by atoms with Gasteiger partial charge in [0.25, 0.3) is 0 Å². The zero-order valence-electron chi connectivity index (χ0n) is 15.7. The van der Waals surface area contributed by atoms with Crippen LogP contribution in [0.25, 0.3) is 0 Å².